The Morgan fingerprint density at radius 1 is 1.21 bits per heavy atom. The van der Waals surface area contributed by atoms with Crippen molar-refractivity contribution in [3.8, 4) is 27.4 Å². The van der Waals surface area contributed by atoms with Gasteiger partial charge in [0.15, 0.2) is 0 Å². The number of hydrogen-bond donors (Lipinski definition) is 1. The number of primary amides is 1. The largest absolute Gasteiger partial charge is 0.492 e. The lowest BCUT2D eigenvalue weighted by Crippen LogP contribution is -2.14. The fourth-order valence-electron chi connectivity index (χ4n) is 2.49. The van der Waals surface area contributed by atoms with Gasteiger partial charge in [-0.15, -0.1) is 11.3 Å². The zero-order valence-corrected chi connectivity index (χ0v) is 14.2. The van der Waals surface area contributed by atoms with E-state index in [0.717, 1.165) is 28.1 Å². The molecular formula is C19H18N2O2S. The number of aromatic nitrogens is 1. The number of thiazole rings is 1. The Hall–Kier alpha value is -2.66. The van der Waals surface area contributed by atoms with Crippen molar-refractivity contribution >= 4 is 17.2 Å². The Bertz CT molecular complexity index is 830. The Kier molecular flexibility index (Phi) is 4.91. The predicted octanol–water partition coefficient (Wildman–Crippen LogP) is 4.36. The van der Waals surface area contributed by atoms with E-state index in [1.165, 1.54) is 11.3 Å². The first-order valence-corrected chi connectivity index (χ1v) is 8.64. The van der Waals surface area contributed by atoms with Crippen molar-refractivity contribution in [3.63, 3.8) is 0 Å². The van der Waals surface area contributed by atoms with E-state index >= 15 is 0 Å². The highest BCUT2D eigenvalue weighted by molar-refractivity contribution is 7.13. The fraction of sp³-hybridized carbons (Fsp3) is 0.158. The highest BCUT2D eigenvalue weighted by Crippen LogP contribution is 2.38. The predicted molar refractivity (Wildman–Crippen MR) is 97.3 cm³/mol. The first-order chi connectivity index (χ1) is 11.7. The van der Waals surface area contributed by atoms with Crippen LogP contribution in [0, 0.1) is 0 Å². The average molecular weight is 338 g/mol. The van der Waals surface area contributed by atoms with Gasteiger partial charge in [-0.05, 0) is 24.1 Å². The molecule has 4 nitrogen and oxygen atoms in total. The molecule has 5 heteroatoms. The van der Waals surface area contributed by atoms with E-state index in [4.69, 9.17) is 10.5 Å². The molecule has 3 aromatic rings. The van der Waals surface area contributed by atoms with Crippen LogP contribution in [0.25, 0.3) is 21.7 Å². The molecule has 3 rings (SSSR count). The second-order valence-electron chi connectivity index (χ2n) is 5.32. The molecule has 0 aliphatic rings. The Morgan fingerprint density at radius 3 is 2.62 bits per heavy atom. The van der Waals surface area contributed by atoms with Crippen molar-refractivity contribution in [3.05, 3.63) is 59.6 Å². The molecule has 0 aliphatic heterocycles. The number of ether oxygens (including phenoxy) is 1. The third kappa shape index (κ3) is 3.31. The lowest BCUT2D eigenvalue weighted by atomic mass is 9.97. The molecule has 2 aromatic carbocycles. The number of nitrogens with zero attached hydrogens (tertiary/aromatic N) is 1. The van der Waals surface area contributed by atoms with Crippen LogP contribution in [0.15, 0.2) is 54.0 Å². The minimum atomic E-state index is -0.503. The summed E-state index contributed by atoms with van der Waals surface area (Å²) >= 11 is 1.52. The number of hydrogen-bond acceptors (Lipinski definition) is 4. The molecule has 0 radical (unpaired) electrons. The summed E-state index contributed by atoms with van der Waals surface area (Å²) in [6, 6.07) is 13.6. The number of amides is 1. The molecule has 0 atom stereocenters. The highest BCUT2D eigenvalue weighted by Gasteiger charge is 2.19. The molecule has 122 valence electrons. The lowest BCUT2D eigenvalue weighted by Gasteiger charge is -2.16. The van der Waals surface area contributed by atoms with Gasteiger partial charge in [0, 0.05) is 22.7 Å². The zero-order chi connectivity index (χ0) is 16.9. The van der Waals surface area contributed by atoms with Gasteiger partial charge in [0.05, 0.1) is 12.2 Å². The van der Waals surface area contributed by atoms with Crippen molar-refractivity contribution in [2.24, 2.45) is 5.73 Å². The minimum absolute atomic E-state index is 0.384. The molecule has 0 saturated heterocycles. The van der Waals surface area contributed by atoms with Crippen molar-refractivity contribution in [1.82, 2.24) is 4.98 Å². The minimum Gasteiger partial charge on any atom is -0.492 e. The smallest absolute Gasteiger partial charge is 0.252 e. The molecule has 1 heterocycles. The highest BCUT2D eigenvalue weighted by atomic mass is 32.1. The van der Waals surface area contributed by atoms with E-state index in [0.29, 0.717) is 17.9 Å². The molecule has 2 N–H and O–H groups in total. The van der Waals surface area contributed by atoms with Gasteiger partial charge in [0.2, 0.25) is 0 Å². The Balaban J connectivity index is 2.24. The van der Waals surface area contributed by atoms with E-state index in [2.05, 4.69) is 4.98 Å². The molecule has 0 bridgehead atoms. The number of nitrogens with two attached hydrogens (primary N) is 1. The summed E-state index contributed by atoms with van der Waals surface area (Å²) in [6.45, 7) is 2.55. The van der Waals surface area contributed by atoms with Gasteiger partial charge in [-0.2, -0.15) is 0 Å². The van der Waals surface area contributed by atoms with Crippen LogP contribution in [0.2, 0.25) is 0 Å². The van der Waals surface area contributed by atoms with Gasteiger partial charge in [-0.25, -0.2) is 4.98 Å². The van der Waals surface area contributed by atoms with Gasteiger partial charge >= 0.3 is 0 Å². The van der Waals surface area contributed by atoms with E-state index in [9.17, 15) is 4.79 Å². The summed E-state index contributed by atoms with van der Waals surface area (Å²) in [5.74, 6) is 0.0348. The summed E-state index contributed by atoms with van der Waals surface area (Å²) in [4.78, 5) is 16.4. The van der Waals surface area contributed by atoms with Crippen LogP contribution < -0.4 is 10.5 Å². The second kappa shape index (κ2) is 7.27. The van der Waals surface area contributed by atoms with Crippen molar-refractivity contribution < 1.29 is 9.53 Å². The molecule has 1 aromatic heterocycles. The number of carbonyl (C=O) groups excluding carboxylic acids is 1. The van der Waals surface area contributed by atoms with Crippen molar-refractivity contribution in [1.29, 1.82) is 0 Å². The van der Waals surface area contributed by atoms with Crippen LogP contribution in [0.5, 0.6) is 5.75 Å². The van der Waals surface area contributed by atoms with Crippen LogP contribution in [0.1, 0.15) is 23.7 Å². The normalized spacial score (nSPS) is 10.5. The van der Waals surface area contributed by atoms with E-state index < -0.39 is 5.91 Å². The maximum Gasteiger partial charge on any atom is 0.252 e. The second-order valence-corrected chi connectivity index (χ2v) is 6.21. The summed E-state index contributed by atoms with van der Waals surface area (Å²) in [5, 5.41) is 2.75. The molecule has 1 amide bonds. The van der Waals surface area contributed by atoms with Crippen molar-refractivity contribution in [2.75, 3.05) is 6.61 Å². The van der Waals surface area contributed by atoms with E-state index in [-0.39, 0.29) is 0 Å². The van der Waals surface area contributed by atoms with Crippen LogP contribution in [-0.4, -0.2) is 17.5 Å². The Morgan fingerprint density at radius 2 is 2.00 bits per heavy atom. The monoisotopic (exact) mass is 338 g/mol. The molecular weight excluding hydrogens is 320 g/mol. The van der Waals surface area contributed by atoms with Gasteiger partial charge in [0.25, 0.3) is 5.91 Å². The van der Waals surface area contributed by atoms with Crippen molar-refractivity contribution in [2.45, 2.75) is 13.3 Å². The van der Waals surface area contributed by atoms with Crippen LogP contribution in [0.4, 0.5) is 0 Å². The first kappa shape index (κ1) is 16.2. The maximum absolute atomic E-state index is 12.0. The van der Waals surface area contributed by atoms with Gasteiger partial charge in [0.1, 0.15) is 10.8 Å². The summed E-state index contributed by atoms with van der Waals surface area (Å²) in [6.07, 6.45) is 2.59. The molecule has 0 unspecified atom stereocenters. The van der Waals surface area contributed by atoms with Crippen LogP contribution >= 0.6 is 11.3 Å². The lowest BCUT2D eigenvalue weighted by molar-refractivity contribution is 0.0996. The Labute approximate surface area is 144 Å². The average Bonchev–Trinajstić information content (AvgIpc) is 3.14. The summed E-state index contributed by atoms with van der Waals surface area (Å²) in [5.41, 5.74) is 8.70. The number of benzene rings is 2. The molecule has 0 fully saturated rings. The zero-order valence-electron chi connectivity index (χ0n) is 13.4. The molecule has 24 heavy (non-hydrogen) atoms. The third-order valence-electron chi connectivity index (χ3n) is 3.57. The van der Waals surface area contributed by atoms with E-state index in [1.807, 2.05) is 48.7 Å². The molecule has 0 saturated carbocycles. The molecule has 0 spiro atoms. The maximum atomic E-state index is 12.0. The quantitative estimate of drug-likeness (QED) is 0.726. The van der Waals surface area contributed by atoms with E-state index in [1.54, 1.807) is 12.3 Å². The number of rotatable bonds is 6. The SMILES string of the molecule is CCCOc1c(C(N)=O)cc(-c2nccs2)cc1-c1ccccc1. The number of carbonyl (C=O) groups is 1. The third-order valence-corrected chi connectivity index (χ3v) is 4.39. The summed E-state index contributed by atoms with van der Waals surface area (Å²) in [7, 11) is 0. The molecule has 0 aliphatic carbocycles. The topological polar surface area (TPSA) is 65.2 Å². The summed E-state index contributed by atoms with van der Waals surface area (Å²) < 4.78 is 5.89. The van der Waals surface area contributed by atoms with Gasteiger partial charge in [-0.1, -0.05) is 37.3 Å². The fourth-order valence-corrected chi connectivity index (χ4v) is 3.12. The van der Waals surface area contributed by atoms with Gasteiger partial charge < -0.3 is 10.5 Å². The van der Waals surface area contributed by atoms with Crippen LogP contribution in [0.3, 0.4) is 0 Å². The van der Waals surface area contributed by atoms with Gasteiger partial charge in [-0.3, -0.25) is 4.79 Å². The first-order valence-electron chi connectivity index (χ1n) is 7.76. The van der Waals surface area contributed by atoms with Crippen LogP contribution in [-0.2, 0) is 0 Å². The standard InChI is InChI=1S/C19H18N2O2S/c1-2-9-23-17-15(13-6-4-3-5-7-13)11-14(12-16(17)18(20)22)19-21-8-10-24-19/h3-8,10-12H,2,9H2,1H3,(H2,20,22).